The van der Waals surface area contributed by atoms with Crippen LogP contribution in [0.3, 0.4) is 0 Å². The third-order valence-electron chi connectivity index (χ3n) is 3.01. The van der Waals surface area contributed by atoms with E-state index in [0.717, 1.165) is 23.4 Å². The number of nitrogens with zero attached hydrogens (tertiary/aromatic N) is 2. The first-order valence-electron chi connectivity index (χ1n) is 6.70. The first-order chi connectivity index (χ1) is 9.54. The van der Waals surface area contributed by atoms with Gasteiger partial charge in [0.15, 0.2) is 0 Å². The summed E-state index contributed by atoms with van der Waals surface area (Å²) >= 11 is 0. The molecule has 0 unspecified atom stereocenters. The van der Waals surface area contributed by atoms with Crippen molar-refractivity contribution in [3.05, 3.63) is 85.0 Å². The molecule has 0 spiro atoms. The average molecular weight is 265 g/mol. The number of benzene rings is 1. The van der Waals surface area contributed by atoms with Crippen molar-refractivity contribution < 1.29 is 4.57 Å². The highest BCUT2D eigenvalue weighted by atomic mass is 15.1. The molecule has 0 aliphatic rings. The van der Waals surface area contributed by atoms with Gasteiger partial charge in [-0.3, -0.25) is 0 Å². The zero-order valence-corrected chi connectivity index (χ0v) is 12.2. The van der Waals surface area contributed by atoms with Crippen molar-refractivity contribution in [2.45, 2.75) is 20.4 Å². The number of imidazole rings is 1. The quantitative estimate of drug-likeness (QED) is 0.575. The topological polar surface area (TPSA) is 8.81 Å². The third kappa shape index (κ3) is 3.82. The minimum atomic E-state index is 0.780. The van der Waals surface area contributed by atoms with Crippen molar-refractivity contribution in [1.82, 2.24) is 4.57 Å². The molecule has 1 aromatic heterocycles. The van der Waals surface area contributed by atoms with E-state index in [-0.39, 0.29) is 0 Å². The molecule has 0 amide bonds. The van der Waals surface area contributed by atoms with Crippen molar-refractivity contribution in [3.8, 4) is 5.69 Å². The van der Waals surface area contributed by atoms with Gasteiger partial charge in [0.2, 0.25) is 6.33 Å². The van der Waals surface area contributed by atoms with E-state index in [2.05, 4.69) is 72.2 Å². The van der Waals surface area contributed by atoms with Gasteiger partial charge in [-0.2, -0.15) is 0 Å². The van der Waals surface area contributed by atoms with Gasteiger partial charge in [-0.25, -0.2) is 9.13 Å². The zero-order valence-electron chi connectivity index (χ0n) is 12.2. The maximum Gasteiger partial charge on any atom is 0.249 e. The Hall–Kier alpha value is -2.35. The van der Waals surface area contributed by atoms with Crippen molar-refractivity contribution in [3.63, 3.8) is 0 Å². The third-order valence-corrected chi connectivity index (χ3v) is 3.01. The summed E-state index contributed by atoms with van der Waals surface area (Å²) in [5, 5.41) is 0. The second-order valence-corrected chi connectivity index (χ2v) is 5.17. The summed E-state index contributed by atoms with van der Waals surface area (Å²) in [6, 6.07) is 8.48. The SMILES string of the molecule is C=C(C)/C=C\C(=C)C[n+]1ccn(-c2ccc(C)cc2)c1. The normalized spacial score (nSPS) is 10.9. The van der Waals surface area contributed by atoms with E-state index in [9.17, 15) is 0 Å². The lowest BCUT2D eigenvalue weighted by atomic mass is 10.2. The molecule has 0 radical (unpaired) electrons. The molecule has 1 heterocycles. The van der Waals surface area contributed by atoms with Gasteiger partial charge in [0, 0.05) is 0 Å². The molecule has 0 atom stereocenters. The fourth-order valence-electron chi connectivity index (χ4n) is 1.90. The summed E-state index contributed by atoms with van der Waals surface area (Å²) in [6.45, 7) is 12.8. The van der Waals surface area contributed by atoms with Crippen molar-refractivity contribution >= 4 is 0 Å². The van der Waals surface area contributed by atoms with Gasteiger partial charge in [0.25, 0.3) is 0 Å². The van der Waals surface area contributed by atoms with Crippen LogP contribution in [0.15, 0.2) is 79.4 Å². The Balaban J connectivity index is 2.07. The lowest BCUT2D eigenvalue weighted by molar-refractivity contribution is -0.687. The molecule has 0 saturated heterocycles. The van der Waals surface area contributed by atoms with Gasteiger partial charge >= 0.3 is 0 Å². The summed E-state index contributed by atoms with van der Waals surface area (Å²) in [4.78, 5) is 0. The maximum absolute atomic E-state index is 4.06. The van der Waals surface area contributed by atoms with E-state index in [1.54, 1.807) is 0 Å². The number of aromatic nitrogens is 2. The van der Waals surface area contributed by atoms with Gasteiger partial charge in [0.05, 0.1) is 0 Å². The molecule has 0 aliphatic heterocycles. The second-order valence-electron chi connectivity index (χ2n) is 5.17. The molecule has 2 aromatic rings. The van der Waals surface area contributed by atoms with E-state index in [0.29, 0.717) is 0 Å². The molecule has 0 bridgehead atoms. The van der Waals surface area contributed by atoms with Crippen molar-refractivity contribution in [1.29, 1.82) is 0 Å². The summed E-state index contributed by atoms with van der Waals surface area (Å²) in [5.74, 6) is 0. The van der Waals surface area contributed by atoms with Gasteiger partial charge < -0.3 is 0 Å². The van der Waals surface area contributed by atoms with Crippen LogP contribution in [0.1, 0.15) is 12.5 Å². The highest BCUT2D eigenvalue weighted by Gasteiger charge is 2.06. The number of hydrogen-bond acceptors (Lipinski definition) is 0. The van der Waals surface area contributed by atoms with Crippen LogP contribution in [-0.2, 0) is 6.54 Å². The van der Waals surface area contributed by atoms with Crippen LogP contribution >= 0.6 is 0 Å². The molecule has 0 fully saturated rings. The molecular weight excluding hydrogens is 244 g/mol. The smallest absolute Gasteiger partial charge is 0.232 e. The number of rotatable bonds is 5. The summed E-state index contributed by atoms with van der Waals surface area (Å²) in [7, 11) is 0. The molecule has 102 valence electrons. The van der Waals surface area contributed by atoms with Crippen molar-refractivity contribution in [2.75, 3.05) is 0 Å². The molecule has 20 heavy (non-hydrogen) atoms. The minimum Gasteiger partial charge on any atom is -0.232 e. The number of aryl methyl sites for hydroxylation is 1. The van der Waals surface area contributed by atoms with Crippen LogP contribution in [-0.4, -0.2) is 4.57 Å². The van der Waals surface area contributed by atoms with Gasteiger partial charge in [-0.15, -0.1) is 0 Å². The molecule has 1 aromatic carbocycles. The Kier molecular flexibility index (Phi) is 4.36. The first-order valence-corrected chi connectivity index (χ1v) is 6.70. The zero-order chi connectivity index (χ0) is 14.5. The van der Waals surface area contributed by atoms with E-state index in [1.807, 2.05) is 19.1 Å². The standard InChI is InChI=1S/C18H21N2/c1-15(2)5-6-17(4)13-19-11-12-20(14-19)18-9-7-16(3)8-10-18/h5-12,14H,1,4,13H2,2-3H3/q+1/b6-5-. The monoisotopic (exact) mass is 265 g/mol. The van der Waals surface area contributed by atoms with E-state index in [1.165, 1.54) is 5.56 Å². The first kappa shape index (κ1) is 14.1. The van der Waals surface area contributed by atoms with E-state index < -0.39 is 0 Å². The average Bonchev–Trinajstić information content (AvgIpc) is 2.85. The highest BCUT2D eigenvalue weighted by Crippen LogP contribution is 2.08. The van der Waals surface area contributed by atoms with E-state index in [4.69, 9.17) is 0 Å². The van der Waals surface area contributed by atoms with Crippen LogP contribution in [0.25, 0.3) is 5.69 Å². The Bertz CT molecular complexity index is 642. The van der Waals surface area contributed by atoms with Crippen LogP contribution in [0.4, 0.5) is 0 Å². The number of hydrogen-bond donors (Lipinski definition) is 0. The van der Waals surface area contributed by atoms with Crippen molar-refractivity contribution in [2.24, 2.45) is 0 Å². The van der Waals surface area contributed by atoms with Crippen LogP contribution in [0.5, 0.6) is 0 Å². The Labute approximate surface area is 121 Å². The van der Waals surface area contributed by atoms with Crippen LogP contribution in [0.2, 0.25) is 0 Å². The van der Waals surface area contributed by atoms with Crippen LogP contribution < -0.4 is 4.57 Å². The van der Waals surface area contributed by atoms with Gasteiger partial charge in [-0.1, -0.05) is 48.6 Å². The molecule has 0 saturated carbocycles. The van der Waals surface area contributed by atoms with Crippen LogP contribution in [0, 0.1) is 6.92 Å². The molecule has 0 aliphatic carbocycles. The lowest BCUT2D eigenvalue weighted by Crippen LogP contribution is -2.31. The minimum absolute atomic E-state index is 0.780. The van der Waals surface area contributed by atoms with E-state index >= 15 is 0 Å². The predicted molar refractivity (Wildman–Crippen MR) is 83.8 cm³/mol. The van der Waals surface area contributed by atoms with Gasteiger partial charge in [0.1, 0.15) is 24.6 Å². The molecule has 2 rings (SSSR count). The lowest BCUT2D eigenvalue weighted by Gasteiger charge is -1.97. The largest absolute Gasteiger partial charge is 0.249 e. The fourth-order valence-corrected chi connectivity index (χ4v) is 1.90. The molecule has 2 nitrogen and oxygen atoms in total. The molecule has 0 N–H and O–H groups in total. The predicted octanol–water partition coefficient (Wildman–Crippen LogP) is 3.76. The highest BCUT2D eigenvalue weighted by molar-refractivity contribution is 5.33. The Morgan fingerprint density at radius 1 is 1.20 bits per heavy atom. The second kappa shape index (κ2) is 6.20. The maximum atomic E-state index is 4.06. The molecular formula is C18H21N2+. The Morgan fingerprint density at radius 2 is 1.90 bits per heavy atom. The number of allylic oxidation sites excluding steroid dienone is 4. The summed E-state index contributed by atoms with van der Waals surface area (Å²) in [6.07, 6.45) is 10.2. The Morgan fingerprint density at radius 3 is 2.55 bits per heavy atom. The summed E-state index contributed by atoms with van der Waals surface area (Å²) < 4.78 is 4.22. The molecule has 2 heteroatoms. The fraction of sp³-hybridized carbons (Fsp3) is 0.167. The summed E-state index contributed by atoms with van der Waals surface area (Å²) in [5.41, 5.74) is 4.53. The van der Waals surface area contributed by atoms with Gasteiger partial charge in [-0.05, 0) is 31.6 Å².